The van der Waals surface area contributed by atoms with Gasteiger partial charge in [0, 0.05) is 0 Å². The molecule has 34 heavy (non-hydrogen) atoms. The Labute approximate surface area is 204 Å². The molecule has 0 fully saturated rings. The monoisotopic (exact) mass is 470 g/mol. The molecule has 1 N–H and O–H groups in total. The second kappa shape index (κ2) is 15.3. The van der Waals surface area contributed by atoms with Gasteiger partial charge in [-0.05, 0) is 58.2 Å². The van der Waals surface area contributed by atoms with Crippen LogP contribution >= 0.6 is 0 Å². The van der Waals surface area contributed by atoms with Gasteiger partial charge in [0.25, 0.3) is 0 Å². The minimum absolute atomic E-state index is 0.117. The van der Waals surface area contributed by atoms with Crippen LogP contribution in [0.25, 0.3) is 11.0 Å². The number of rotatable bonds is 16. The summed E-state index contributed by atoms with van der Waals surface area (Å²) in [4.78, 5) is 12.1. The summed E-state index contributed by atoms with van der Waals surface area (Å²) >= 11 is 0. The van der Waals surface area contributed by atoms with Crippen LogP contribution in [0.3, 0.4) is 0 Å². The largest absolute Gasteiger partial charge is 0.499 e. The number of ether oxygens (including phenoxy) is 2. The molecule has 1 aromatic carbocycles. The zero-order valence-electron chi connectivity index (χ0n) is 21.5. The number of unbranched alkanes of at least 4 members (excludes halogenated alkanes) is 7. The van der Waals surface area contributed by atoms with E-state index in [1.165, 1.54) is 49.7 Å². The third-order valence-electron chi connectivity index (χ3n) is 5.83. The summed E-state index contributed by atoms with van der Waals surface area (Å²) in [7, 11) is 0. The first-order valence-electron chi connectivity index (χ1n) is 12.8. The van der Waals surface area contributed by atoms with Gasteiger partial charge in [0.15, 0.2) is 5.75 Å². The van der Waals surface area contributed by atoms with Gasteiger partial charge in [-0.1, -0.05) is 75.2 Å². The van der Waals surface area contributed by atoms with E-state index in [1.54, 1.807) is 12.1 Å². The maximum absolute atomic E-state index is 12.1. The predicted octanol–water partition coefficient (Wildman–Crippen LogP) is 8.09. The summed E-state index contributed by atoms with van der Waals surface area (Å²) in [5, 5.41) is 10.9. The number of hydrogen-bond acceptors (Lipinski definition) is 5. The molecule has 5 nitrogen and oxygen atoms in total. The van der Waals surface area contributed by atoms with Crippen molar-refractivity contribution < 1.29 is 19.0 Å². The first kappa shape index (κ1) is 27.6. The smallest absolute Gasteiger partial charge is 0.382 e. The van der Waals surface area contributed by atoms with E-state index in [0.29, 0.717) is 23.3 Å². The highest BCUT2D eigenvalue weighted by molar-refractivity contribution is 5.91. The minimum atomic E-state index is -0.813. The molecule has 0 aliphatic rings. The summed E-state index contributed by atoms with van der Waals surface area (Å²) in [6.07, 6.45) is 15.9. The van der Waals surface area contributed by atoms with E-state index in [2.05, 4.69) is 33.8 Å². The lowest BCUT2D eigenvalue weighted by molar-refractivity contribution is 0.301. The van der Waals surface area contributed by atoms with Crippen LogP contribution in [-0.4, -0.2) is 18.3 Å². The maximum atomic E-state index is 12.1. The van der Waals surface area contributed by atoms with Gasteiger partial charge in [-0.25, -0.2) is 4.79 Å². The third kappa shape index (κ3) is 9.28. The molecule has 0 amide bonds. The van der Waals surface area contributed by atoms with E-state index in [4.69, 9.17) is 13.9 Å². The summed E-state index contributed by atoms with van der Waals surface area (Å²) in [5.74, 6) is 0.149. The average Bonchev–Trinajstić information content (AvgIpc) is 2.80. The van der Waals surface area contributed by atoms with Crippen LogP contribution in [0, 0.1) is 0 Å². The molecule has 0 radical (unpaired) electrons. The highest BCUT2D eigenvalue weighted by Crippen LogP contribution is 2.38. The fourth-order valence-corrected chi connectivity index (χ4v) is 3.82. The van der Waals surface area contributed by atoms with Crippen LogP contribution in [0.4, 0.5) is 0 Å². The third-order valence-corrected chi connectivity index (χ3v) is 5.83. The summed E-state index contributed by atoms with van der Waals surface area (Å²) in [5.41, 5.74) is 2.02. The Morgan fingerprint density at radius 1 is 0.971 bits per heavy atom. The highest BCUT2D eigenvalue weighted by atomic mass is 16.5. The number of benzene rings is 1. The van der Waals surface area contributed by atoms with Crippen molar-refractivity contribution in [3.05, 3.63) is 51.9 Å². The van der Waals surface area contributed by atoms with Crippen LogP contribution in [0.1, 0.15) is 91.9 Å². The van der Waals surface area contributed by atoms with Crippen LogP contribution in [0.2, 0.25) is 0 Å². The second-order valence-electron chi connectivity index (χ2n) is 9.20. The maximum Gasteiger partial charge on any atom is 0.382 e. The van der Waals surface area contributed by atoms with Gasteiger partial charge in [-0.2, -0.15) is 0 Å². The van der Waals surface area contributed by atoms with Crippen molar-refractivity contribution in [2.24, 2.45) is 0 Å². The van der Waals surface area contributed by atoms with Crippen molar-refractivity contribution in [2.75, 3.05) is 13.2 Å². The summed E-state index contributed by atoms with van der Waals surface area (Å²) in [6.45, 7) is 9.28. The number of hydrogen-bond donors (Lipinski definition) is 1. The molecule has 0 unspecified atom stereocenters. The standard InChI is InChI=1S/C29H42O5/c1-5-6-7-8-9-10-11-12-20-32-24-17-14-18-25-26(24)28(27(30)29(31)34-25)33-21-19-23(4)16-13-15-22(2)3/h14-15,17-19,30H,5-13,16,20-21H2,1-4H3/b23-19+. The lowest BCUT2D eigenvalue weighted by Crippen LogP contribution is -2.06. The Morgan fingerprint density at radius 2 is 1.68 bits per heavy atom. The van der Waals surface area contributed by atoms with Gasteiger partial charge in [-0.15, -0.1) is 0 Å². The van der Waals surface area contributed by atoms with Crippen LogP contribution in [0.15, 0.2) is 50.7 Å². The van der Waals surface area contributed by atoms with E-state index < -0.39 is 11.4 Å². The zero-order chi connectivity index (χ0) is 24.8. The molecular formula is C29H42O5. The normalized spacial score (nSPS) is 11.6. The fraction of sp³-hybridized carbons (Fsp3) is 0.552. The zero-order valence-corrected chi connectivity index (χ0v) is 21.5. The molecule has 188 valence electrons. The average molecular weight is 471 g/mol. The van der Waals surface area contributed by atoms with Gasteiger partial charge < -0.3 is 19.0 Å². The van der Waals surface area contributed by atoms with Gasteiger partial charge in [0.1, 0.15) is 23.3 Å². The van der Waals surface area contributed by atoms with Crippen molar-refractivity contribution in [1.82, 2.24) is 0 Å². The SMILES string of the molecule is CCCCCCCCCCOc1cccc2oc(=O)c(O)c(OC/C=C(\C)CCC=C(C)C)c12. The molecule has 5 heteroatoms. The molecule has 2 aromatic rings. The Morgan fingerprint density at radius 3 is 2.38 bits per heavy atom. The predicted molar refractivity (Wildman–Crippen MR) is 140 cm³/mol. The van der Waals surface area contributed by atoms with E-state index in [-0.39, 0.29) is 12.4 Å². The summed E-state index contributed by atoms with van der Waals surface area (Å²) in [6, 6.07) is 5.29. The Bertz CT molecular complexity index is 995. The van der Waals surface area contributed by atoms with E-state index in [1.807, 2.05) is 12.1 Å². The topological polar surface area (TPSA) is 68.9 Å². The quantitative estimate of drug-likeness (QED) is 0.152. The first-order valence-corrected chi connectivity index (χ1v) is 12.8. The van der Waals surface area contributed by atoms with Crippen molar-refractivity contribution >= 4 is 11.0 Å². The Kier molecular flexibility index (Phi) is 12.4. The summed E-state index contributed by atoms with van der Waals surface area (Å²) < 4.78 is 17.2. The van der Waals surface area contributed by atoms with Gasteiger partial charge in [0.05, 0.1) is 6.61 Å². The molecule has 0 saturated carbocycles. The number of fused-ring (bicyclic) bond motifs is 1. The second-order valence-corrected chi connectivity index (χ2v) is 9.20. The molecule has 1 heterocycles. The lowest BCUT2D eigenvalue weighted by atomic mass is 10.1. The highest BCUT2D eigenvalue weighted by Gasteiger charge is 2.19. The molecule has 2 rings (SSSR count). The van der Waals surface area contributed by atoms with Gasteiger partial charge >= 0.3 is 5.63 Å². The van der Waals surface area contributed by atoms with E-state index >= 15 is 0 Å². The van der Waals surface area contributed by atoms with Gasteiger partial charge in [-0.3, -0.25) is 0 Å². The van der Waals surface area contributed by atoms with Gasteiger partial charge in [0.2, 0.25) is 5.75 Å². The molecule has 0 atom stereocenters. The van der Waals surface area contributed by atoms with Crippen molar-refractivity contribution in [2.45, 2.75) is 91.9 Å². The van der Waals surface area contributed by atoms with Crippen molar-refractivity contribution in [3.63, 3.8) is 0 Å². The van der Waals surface area contributed by atoms with Crippen molar-refractivity contribution in [1.29, 1.82) is 0 Å². The van der Waals surface area contributed by atoms with E-state index in [9.17, 15) is 9.90 Å². The lowest BCUT2D eigenvalue weighted by Gasteiger charge is -2.13. The molecule has 0 aliphatic carbocycles. The van der Waals surface area contributed by atoms with Crippen LogP contribution < -0.4 is 15.1 Å². The van der Waals surface area contributed by atoms with Crippen LogP contribution in [-0.2, 0) is 0 Å². The molecule has 0 bridgehead atoms. The Hall–Kier alpha value is -2.69. The first-order chi connectivity index (χ1) is 16.4. The number of aromatic hydroxyl groups is 1. The molecule has 1 aromatic heterocycles. The molecule has 0 saturated heterocycles. The van der Waals surface area contributed by atoms with Crippen molar-refractivity contribution in [3.8, 4) is 17.2 Å². The van der Waals surface area contributed by atoms with Crippen LogP contribution in [0.5, 0.6) is 17.2 Å². The Balaban J connectivity index is 2.02. The minimum Gasteiger partial charge on any atom is -0.499 e. The number of allylic oxidation sites excluding steroid dienone is 3. The molecular weight excluding hydrogens is 428 g/mol. The molecule has 0 aliphatic heterocycles. The fourth-order valence-electron chi connectivity index (χ4n) is 3.82. The molecule has 0 spiro atoms. The van der Waals surface area contributed by atoms with E-state index in [0.717, 1.165) is 25.7 Å².